The van der Waals surface area contributed by atoms with E-state index in [0.717, 1.165) is 0 Å². The Hall–Kier alpha value is -2.89. The summed E-state index contributed by atoms with van der Waals surface area (Å²) in [6.07, 6.45) is 1.32. The third-order valence-electron chi connectivity index (χ3n) is 2.91. The zero-order valence-electron chi connectivity index (χ0n) is 10.7. The van der Waals surface area contributed by atoms with Gasteiger partial charge in [0.2, 0.25) is 0 Å². The van der Waals surface area contributed by atoms with Crippen LogP contribution in [0.3, 0.4) is 0 Å². The molecule has 0 atom stereocenters. The van der Waals surface area contributed by atoms with E-state index in [2.05, 4.69) is 15.5 Å². The van der Waals surface area contributed by atoms with Crippen LogP contribution in [-0.4, -0.2) is 17.8 Å². The van der Waals surface area contributed by atoms with Crippen molar-refractivity contribution in [1.29, 1.82) is 0 Å². The highest BCUT2D eigenvalue weighted by molar-refractivity contribution is 6.53. The van der Waals surface area contributed by atoms with E-state index in [4.69, 9.17) is 0 Å². The first-order valence-corrected chi connectivity index (χ1v) is 6.11. The SMILES string of the molecule is O=C1Nc2ccc(F)cc2/C1=N/N=C/c1cccc(F)c1. The molecular formula is C15H9F2N3O. The lowest BCUT2D eigenvalue weighted by molar-refractivity contribution is -0.110. The number of amides is 1. The molecule has 1 N–H and O–H groups in total. The fraction of sp³-hybridized carbons (Fsp3) is 0. The van der Waals surface area contributed by atoms with E-state index in [0.29, 0.717) is 16.8 Å². The van der Waals surface area contributed by atoms with Crippen LogP contribution in [0.5, 0.6) is 0 Å². The Bertz CT molecular complexity index is 784. The molecule has 0 radical (unpaired) electrons. The molecule has 1 aliphatic heterocycles. The molecule has 0 unspecified atom stereocenters. The summed E-state index contributed by atoms with van der Waals surface area (Å²) in [5.41, 5.74) is 1.38. The number of benzene rings is 2. The number of hydrogen-bond donors (Lipinski definition) is 1. The van der Waals surface area contributed by atoms with Crippen molar-refractivity contribution in [2.45, 2.75) is 0 Å². The Morgan fingerprint density at radius 1 is 1.05 bits per heavy atom. The van der Waals surface area contributed by atoms with Gasteiger partial charge >= 0.3 is 0 Å². The van der Waals surface area contributed by atoms with Crippen molar-refractivity contribution in [3.8, 4) is 0 Å². The number of carbonyl (C=O) groups excluding carboxylic acids is 1. The van der Waals surface area contributed by atoms with E-state index in [1.807, 2.05) is 0 Å². The van der Waals surface area contributed by atoms with Crippen LogP contribution in [0, 0.1) is 11.6 Å². The Balaban J connectivity index is 1.91. The summed E-state index contributed by atoms with van der Waals surface area (Å²) in [5.74, 6) is -1.31. The number of anilines is 1. The van der Waals surface area contributed by atoms with Gasteiger partial charge in [-0.25, -0.2) is 8.78 Å². The van der Waals surface area contributed by atoms with E-state index in [1.54, 1.807) is 6.07 Å². The smallest absolute Gasteiger partial charge is 0.276 e. The van der Waals surface area contributed by atoms with E-state index in [1.165, 1.54) is 42.6 Å². The predicted octanol–water partition coefficient (Wildman–Crippen LogP) is 2.74. The third-order valence-corrected chi connectivity index (χ3v) is 2.91. The van der Waals surface area contributed by atoms with Crippen molar-refractivity contribution in [2.75, 3.05) is 5.32 Å². The van der Waals surface area contributed by atoms with Gasteiger partial charge in [0.15, 0.2) is 5.71 Å². The van der Waals surface area contributed by atoms with Crippen molar-refractivity contribution >= 4 is 23.5 Å². The van der Waals surface area contributed by atoms with Crippen molar-refractivity contribution in [1.82, 2.24) is 0 Å². The molecule has 1 amide bonds. The largest absolute Gasteiger partial charge is 0.320 e. The summed E-state index contributed by atoms with van der Waals surface area (Å²) in [4.78, 5) is 11.7. The Kier molecular flexibility index (Phi) is 3.27. The first-order chi connectivity index (χ1) is 10.1. The van der Waals surface area contributed by atoms with Crippen molar-refractivity contribution in [3.05, 3.63) is 65.2 Å². The zero-order chi connectivity index (χ0) is 14.8. The van der Waals surface area contributed by atoms with Gasteiger partial charge in [-0.15, -0.1) is 5.10 Å². The molecule has 2 aromatic carbocycles. The molecular weight excluding hydrogens is 276 g/mol. The van der Waals surface area contributed by atoms with Crippen molar-refractivity contribution in [3.63, 3.8) is 0 Å². The van der Waals surface area contributed by atoms with Crippen LogP contribution in [0.25, 0.3) is 0 Å². The number of hydrogen-bond acceptors (Lipinski definition) is 3. The maximum absolute atomic E-state index is 13.2. The second kappa shape index (κ2) is 5.24. The second-order valence-electron chi connectivity index (χ2n) is 4.39. The maximum atomic E-state index is 13.2. The zero-order valence-corrected chi connectivity index (χ0v) is 10.7. The van der Waals surface area contributed by atoms with Crippen LogP contribution in [0.15, 0.2) is 52.7 Å². The number of rotatable bonds is 2. The van der Waals surface area contributed by atoms with Gasteiger partial charge in [0.1, 0.15) is 11.6 Å². The fourth-order valence-electron chi connectivity index (χ4n) is 1.96. The van der Waals surface area contributed by atoms with Gasteiger partial charge in [0.05, 0.1) is 11.9 Å². The molecule has 1 heterocycles. The number of fused-ring (bicyclic) bond motifs is 1. The summed E-state index contributed by atoms with van der Waals surface area (Å²) >= 11 is 0. The average molecular weight is 285 g/mol. The van der Waals surface area contributed by atoms with Crippen molar-refractivity contribution < 1.29 is 13.6 Å². The molecule has 0 bridgehead atoms. The number of carbonyl (C=O) groups is 1. The van der Waals surface area contributed by atoms with Gasteiger partial charge in [-0.05, 0) is 35.9 Å². The van der Waals surface area contributed by atoms with Gasteiger partial charge in [0.25, 0.3) is 5.91 Å². The number of nitrogens with one attached hydrogen (secondary N) is 1. The molecule has 104 valence electrons. The van der Waals surface area contributed by atoms with E-state index < -0.39 is 17.5 Å². The molecule has 4 nitrogen and oxygen atoms in total. The Morgan fingerprint density at radius 3 is 2.67 bits per heavy atom. The molecule has 0 saturated heterocycles. The fourth-order valence-corrected chi connectivity index (χ4v) is 1.96. The van der Waals surface area contributed by atoms with Gasteiger partial charge < -0.3 is 5.32 Å². The lowest BCUT2D eigenvalue weighted by atomic mass is 10.1. The molecule has 0 aliphatic carbocycles. The van der Waals surface area contributed by atoms with Crippen LogP contribution in [0.4, 0.5) is 14.5 Å². The van der Waals surface area contributed by atoms with Crippen LogP contribution < -0.4 is 5.32 Å². The van der Waals surface area contributed by atoms with E-state index in [-0.39, 0.29) is 5.71 Å². The Labute approximate surface area is 118 Å². The topological polar surface area (TPSA) is 53.8 Å². The first kappa shape index (κ1) is 13.1. The van der Waals surface area contributed by atoms with Gasteiger partial charge in [-0.3, -0.25) is 4.79 Å². The molecule has 0 fully saturated rings. The minimum atomic E-state index is -0.466. The summed E-state index contributed by atoms with van der Waals surface area (Å²) in [6.45, 7) is 0. The van der Waals surface area contributed by atoms with Gasteiger partial charge in [0, 0.05) is 5.56 Å². The minimum absolute atomic E-state index is 0.0251. The van der Waals surface area contributed by atoms with Gasteiger partial charge in [-0.2, -0.15) is 5.10 Å². The minimum Gasteiger partial charge on any atom is -0.320 e. The lowest BCUT2D eigenvalue weighted by Crippen LogP contribution is -2.13. The monoisotopic (exact) mass is 285 g/mol. The molecule has 0 saturated carbocycles. The van der Waals surface area contributed by atoms with Crippen LogP contribution >= 0.6 is 0 Å². The molecule has 21 heavy (non-hydrogen) atoms. The second-order valence-corrected chi connectivity index (χ2v) is 4.39. The van der Waals surface area contributed by atoms with Crippen molar-refractivity contribution in [2.24, 2.45) is 10.2 Å². The number of halogens is 2. The van der Waals surface area contributed by atoms with Crippen LogP contribution in [-0.2, 0) is 4.79 Å². The lowest BCUT2D eigenvalue weighted by Gasteiger charge is -1.96. The summed E-state index contributed by atoms with van der Waals surface area (Å²) < 4.78 is 26.2. The number of nitrogens with zero attached hydrogens (tertiary/aromatic N) is 2. The van der Waals surface area contributed by atoms with E-state index in [9.17, 15) is 13.6 Å². The molecule has 0 aromatic heterocycles. The molecule has 6 heteroatoms. The summed E-state index contributed by atoms with van der Waals surface area (Å²) in [5, 5.41) is 10.1. The Morgan fingerprint density at radius 2 is 1.86 bits per heavy atom. The molecule has 1 aliphatic rings. The van der Waals surface area contributed by atoms with Crippen LogP contribution in [0.1, 0.15) is 11.1 Å². The molecule has 3 rings (SSSR count). The highest BCUT2D eigenvalue weighted by Gasteiger charge is 2.26. The molecule has 0 spiro atoms. The molecule has 2 aromatic rings. The van der Waals surface area contributed by atoms with Gasteiger partial charge in [-0.1, -0.05) is 12.1 Å². The highest BCUT2D eigenvalue weighted by Crippen LogP contribution is 2.24. The maximum Gasteiger partial charge on any atom is 0.276 e. The van der Waals surface area contributed by atoms with E-state index >= 15 is 0 Å². The quantitative estimate of drug-likeness (QED) is 0.669. The average Bonchev–Trinajstić information content (AvgIpc) is 2.75. The standard InChI is InChI=1S/C15H9F2N3O/c16-10-3-1-2-9(6-10)8-18-20-14-12-7-11(17)4-5-13(12)19-15(14)21/h1-8H,(H,19,20,21)/b18-8+. The van der Waals surface area contributed by atoms with Crippen LogP contribution in [0.2, 0.25) is 0 Å². The summed E-state index contributed by atoms with van der Waals surface area (Å²) in [6, 6.07) is 9.70. The highest BCUT2D eigenvalue weighted by atomic mass is 19.1. The first-order valence-electron chi connectivity index (χ1n) is 6.11. The third kappa shape index (κ3) is 2.69. The summed E-state index contributed by atoms with van der Waals surface area (Å²) in [7, 11) is 0. The predicted molar refractivity (Wildman–Crippen MR) is 75.6 cm³/mol. The normalized spacial score (nSPS) is 15.5.